The number of guanidine groups is 1. The molecule has 1 aromatic rings. The largest absolute Gasteiger partial charge is 0.373 e. The zero-order chi connectivity index (χ0) is 19.5. The molecule has 3 fully saturated rings. The second-order valence-electron chi connectivity index (χ2n) is 7.85. The number of benzene rings is 1. The Kier molecular flexibility index (Phi) is 5.96. The molecule has 2 N–H and O–H groups in total. The van der Waals surface area contributed by atoms with Gasteiger partial charge in [0.25, 0.3) is 0 Å². The van der Waals surface area contributed by atoms with Gasteiger partial charge in [0.2, 0.25) is 0 Å². The van der Waals surface area contributed by atoms with Gasteiger partial charge >= 0.3 is 0 Å². The zero-order valence-corrected chi connectivity index (χ0v) is 16.3. The van der Waals surface area contributed by atoms with Crippen molar-refractivity contribution in [3.05, 3.63) is 29.8 Å². The summed E-state index contributed by atoms with van der Waals surface area (Å²) in [5, 5.41) is 6.72. The average molecular weight is 393 g/mol. The lowest BCUT2D eigenvalue weighted by molar-refractivity contribution is -0.0453. The number of hydrogen-bond acceptors (Lipinski definition) is 4. The summed E-state index contributed by atoms with van der Waals surface area (Å²) in [6, 6.07) is 4.67. The molecule has 8 heteroatoms. The number of nitrogens with one attached hydrogen (secondary N) is 2. The van der Waals surface area contributed by atoms with Crippen LogP contribution in [0.1, 0.15) is 19.3 Å². The zero-order valence-electron chi connectivity index (χ0n) is 16.3. The predicted molar refractivity (Wildman–Crippen MR) is 106 cm³/mol. The monoisotopic (exact) mass is 393 g/mol. The van der Waals surface area contributed by atoms with Crippen LogP contribution in [-0.4, -0.2) is 75.4 Å². The molecule has 0 aromatic heterocycles. The van der Waals surface area contributed by atoms with E-state index in [4.69, 9.17) is 4.74 Å². The van der Waals surface area contributed by atoms with Crippen LogP contribution >= 0.6 is 0 Å². The van der Waals surface area contributed by atoms with Crippen LogP contribution in [0.15, 0.2) is 23.2 Å². The third kappa shape index (κ3) is 4.22. The van der Waals surface area contributed by atoms with Crippen molar-refractivity contribution in [3.63, 3.8) is 0 Å². The summed E-state index contributed by atoms with van der Waals surface area (Å²) in [6.07, 6.45) is 3.45. The maximum Gasteiger partial charge on any atom is 0.191 e. The van der Waals surface area contributed by atoms with Crippen LogP contribution in [-0.2, 0) is 4.74 Å². The fraction of sp³-hybridized carbons (Fsp3) is 0.650. The molecule has 3 unspecified atom stereocenters. The van der Waals surface area contributed by atoms with Crippen molar-refractivity contribution in [1.29, 1.82) is 0 Å². The molecule has 3 saturated heterocycles. The fourth-order valence-corrected chi connectivity index (χ4v) is 4.48. The van der Waals surface area contributed by atoms with Gasteiger partial charge in [-0.05, 0) is 37.9 Å². The highest BCUT2D eigenvalue weighted by Gasteiger charge is 2.32. The van der Waals surface area contributed by atoms with Gasteiger partial charge < -0.3 is 20.3 Å². The topological polar surface area (TPSA) is 52.1 Å². The van der Waals surface area contributed by atoms with Gasteiger partial charge in [0.1, 0.15) is 17.3 Å². The van der Waals surface area contributed by atoms with Gasteiger partial charge in [-0.25, -0.2) is 8.78 Å². The van der Waals surface area contributed by atoms with E-state index in [-0.39, 0.29) is 17.8 Å². The normalized spacial score (nSPS) is 28.5. The smallest absolute Gasteiger partial charge is 0.191 e. The summed E-state index contributed by atoms with van der Waals surface area (Å²) in [5.74, 6) is -0.330. The van der Waals surface area contributed by atoms with Crippen molar-refractivity contribution in [2.45, 2.75) is 37.5 Å². The molecular formula is C20H29F2N5O. The Labute approximate surface area is 164 Å². The second-order valence-corrected chi connectivity index (χ2v) is 7.85. The summed E-state index contributed by atoms with van der Waals surface area (Å²) in [5.41, 5.74) is 0.0607. The van der Waals surface area contributed by atoms with Crippen molar-refractivity contribution in [2.75, 3.05) is 51.3 Å². The number of anilines is 1. The van der Waals surface area contributed by atoms with E-state index in [9.17, 15) is 8.78 Å². The van der Waals surface area contributed by atoms with Crippen molar-refractivity contribution >= 4 is 11.6 Å². The first-order valence-corrected chi connectivity index (χ1v) is 10.2. The minimum absolute atomic E-state index is 0.0607. The number of aliphatic imine (C=N–C) groups is 1. The Bertz CT molecular complexity index is 696. The third-order valence-electron chi connectivity index (χ3n) is 5.97. The number of fused-ring (bicyclic) bond motifs is 1. The maximum absolute atomic E-state index is 14.0. The molecule has 154 valence electrons. The number of hydrogen-bond donors (Lipinski definition) is 2. The summed E-state index contributed by atoms with van der Waals surface area (Å²) in [6.45, 7) is 4.77. The molecule has 0 saturated carbocycles. The van der Waals surface area contributed by atoms with Crippen molar-refractivity contribution < 1.29 is 13.5 Å². The molecule has 6 nitrogen and oxygen atoms in total. The quantitative estimate of drug-likeness (QED) is 0.601. The van der Waals surface area contributed by atoms with E-state index in [1.165, 1.54) is 37.6 Å². The van der Waals surface area contributed by atoms with Crippen LogP contribution < -0.4 is 15.5 Å². The maximum atomic E-state index is 14.0. The highest BCUT2D eigenvalue weighted by Crippen LogP contribution is 2.26. The molecule has 0 aliphatic carbocycles. The SMILES string of the molecule is CN=C(NCC1CN2CCCC2CO1)NC1CCN(c2c(F)cccc2F)C1. The van der Waals surface area contributed by atoms with Crippen molar-refractivity contribution in [1.82, 2.24) is 15.5 Å². The van der Waals surface area contributed by atoms with E-state index in [0.717, 1.165) is 19.6 Å². The molecule has 0 radical (unpaired) electrons. The molecule has 28 heavy (non-hydrogen) atoms. The Balaban J connectivity index is 1.26. The Hall–Kier alpha value is -1.93. The number of ether oxygens (including phenoxy) is 1. The van der Waals surface area contributed by atoms with E-state index >= 15 is 0 Å². The minimum Gasteiger partial charge on any atom is -0.373 e. The Morgan fingerprint density at radius 2 is 2.04 bits per heavy atom. The van der Waals surface area contributed by atoms with Gasteiger partial charge in [0.15, 0.2) is 5.96 Å². The molecule has 1 aromatic carbocycles. The predicted octanol–water partition coefficient (Wildman–Crippen LogP) is 1.57. The molecule has 0 spiro atoms. The molecule has 3 aliphatic rings. The summed E-state index contributed by atoms with van der Waals surface area (Å²) in [7, 11) is 1.73. The van der Waals surface area contributed by atoms with E-state index in [1.807, 2.05) is 0 Å². The molecule has 3 atom stereocenters. The van der Waals surface area contributed by atoms with Gasteiger partial charge in [0, 0.05) is 45.3 Å². The summed E-state index contributed by atoms with van der Waals surface area (Å²) in [4.78, 5) is 8.57. The number of rotatable bonds is 4. The Morgan fingerprint density at radius 1 is 1.21 bits per heavy atom. The van der Waals surface area contributed by atoms with Crippen LogP contribution in [0, 0.1) is 11.6 Å². The van der Waals surface area contributed by atoms with E-state index in [2.05, 4.69) is 20.5 Å². The average Bonchev–Trinajstić information content (AvgIpc) is 3.34. The number of halogens is 2. The van der Waals surface area contributed by atoms with Crippen LogP contribution in [0.3, 0.4) is 0 Å². The first-order chi connectivity index (χ1) is 13.6. The number of para-hydroxylation sites is 1. The van der Waals surface area contributed by atoms with Crippen LogP contribution in [0.4, 0.5) is 14.5 Å². The Morgan fingerprint density at radius 3 is 2.82 bits per heavy atom. The third-order valence-corrected chi connectivity index (χ3v) is 5.97. The lowest BCUT2D eigenvalue weighted by atomic mass is 10.2. The number of nitrogens with zero attached hydrogens (tertiary/aromatic N) is 3. The van der Waals surface area contributed by atoms with Gasteiger partial charge in [-0.3, -0.25) is 9.89 Å². The molecule has 0 amide bonds. The van der Waals surface area contributed by atoms with Gasteiger partial charge in [-0.15, -0.1) is 0 Å². The van der Waals surface area contributed by atoms with E-state index in [0.29, 0.717) is 31.6 Å². The first-order valence-electron chi connectivity index (χ1n) is 10.2. The number of morpholine rings is 1. The van der Waals surface area contributed by atoms with Crippen LogP contribution in [0.5, 0.6) is 0 Å². The molecule has 4 rings (SSSR count). The van der Waals surface area contributed by atoms with Crippen molar-refractivity contribution in [2.24, 2.45) is 4.99 Å². The standard InChI is InChI=1S/C20H29F2N5O/c1-23-20(24-10-16-12-26-8-3-4-15(26)13-28-16)25-14-7-9-27(11-14)19-17(21)5-2-6-18(19)22/h2,5-6,14-16H,3-4,7-13H2,1H3,(H2,23,24,25). The lowest BCUT2D eigenvalue weighted by Gasteiger charge is -2.35. The highest BCUT2D eigenvalue weighted by molar-refractivity contribution is 5.80. The minimum atomic E-state index is -0.516. The molecule has 3 heterocycles. The first kappa shape index (κ1) is 19.4. The van der Waals surface area contributed by atoms with Crippen LogP contribution in [0.2, 0.25) is 0 Å². The van der Waals surface area contributed by atoms with Gasteiger partial charge in [-0.2, -0.15) is 0 Å². The van der Waals surface area contributed by atoms with Gasteiger partial charge in [0.05, 0.1) is 12.7 Å². The second kappa shape index (κ2) is 8.61. The lowest BCUT2D eigenvalue weighted by Crippen LogP contribution is -2.52. The summed E-state index contributed by atoms with van der Waals surface area (Å²) < 4.78 is 34.0. The molecule has 3 aliphatic heterocycles. The van der Waals surface area contributed by atoms with E-state index in [1.54, 1.807) is 11.9 Å². The summed E-state index contributed by atoms with van der Waals surface area (Å²) >= 11 is 0. The highest BCUT2D eigenvalue weighted by atomic mass is 19.1. The molecular weight excluding hydrogens is 364 g/mol. The molecule has 0 bridgehead atoms. The van der Waals surface area contributed by atoms with Crippen molar-refractivity contribution in [3.8, 4) is 0 Å². The van der Waals surface area contributed by atoms with Gasteiger partial charge in [-0.1, -0.05) is 6.07 Å². The fourth-order valence-electron chi connectivity index (χ4n) is 4.48. The van der Waals surface area contributed by atoms with E-state index < -0.39 is 11.6 Å². The van der Waals surface area contributed by atoms with Crippen LogP contribution in [0.25, 0.3) is 0 Å².